The topological polar surface area (TPSA) is 47.1 Å². The van der Waals surface area contributed by atoms with Gasteiger partial charge in [0.15, 0.2) is 0 Å². The van der Waals surface area contributed by atoms with E-state index in [2.05, 4.69) is 94.2 Å². The second-order valence-corrected chi connectivity index (χ2v) is 10.0. The summed E-state index contributed by atoms with van der Waals surface area (Å²) in [4.78, 5) is 0. The molecule has 4 nitrogen and oxygen atoms in total. The number of allylic oxidation sites excluding steroid dienone is 3. The summed E-state index contributed by atoms with van der Waals surface area (Å²) in [6.45, 7) is 16.2. The predicted octanol–water partition coefficient (Wildman–Crippen LogP) is 8.36. The fourth-order valence-corrected chi connectivity index (χ4v) is 5.00. The maximum absolute atomic E-state index is 6.45. The monoisotopic (exact) mass is 484 g/mol. The SMILES string of the molecule is CCOC1=C(COc2cc(C(C)C)ccc2C)/C(C)=C\CC/C(c2c(CC)ccc3n[nH]c(C)c23)=C\1. The average molecular weight is 485 g/mol. The molecule has 0 saturated carbocycles. The Kier molecular flexibility index (Phi) is 8.03. The molecule has 0 aliphatic heterocycles. The lowest BCUT2D eigenvalue weighted by Crippen LogP contribution is -2.10. The van der Waals surface area contributed by atoms with Crippen LogP contribution in [0.3, 0.4) is 0 Å². The van der Waals surface area contributed by atoms with E-state index in [1.807, 2.05) is 6.92 Å². The van der Waals surface area contributed by atoms with Gasteiger partial charge < -0.3 is 9.47 Å². The fraction of sp³-hybridized carbons (Fsp3) is 0.406. The molecule has 36 heavy (non-hydrogen) atoms. The molecule has 190 valence electrons. The standard InChI is InChI=1S/C32H40N2O2/c1-8-24-15-16-28-31(23(7)33-34-28)32(24)26-12-10-11-21(5)27(30(18-26)35-9-2)19-36-29-17-25(20(3)4)14-13-22(29)6/h11,13-18,20H,8-10,12,19H2,1-7H3,(H,33,34)/b21-11-,26-18+,30-27+. The highest BCUT2D eigenvalue weighted by molar-refractivity contribution is 5.95. The number of aromatic nitrogens is 2. The summed E-state index contributed by atoms with van der Waals surface area (Å²) in [6.07, 6.45) is 7.48. The first kappa shape index (κ1) is 25.8. The zero-order chi connectivity index (χ0) is 25.8. The third kappa shape index (κ3) is 5.28. The third-order valence-corrected chi connectivity index (χ3v) is 7.18. The van der Waals surface area contributed by atoms with Crippen molar-refractivity contribution in [1.82, 2.24) is 10.2 Å². The molecule has 0 atom stereocenters. The van der Waals surface area contributed by atoms with Crippen LogP contribution in [0, 0.1) is 13.8 Å². The molecule has 1 heterocycles. The Hall–Kier alpha value is -3.27. The van der Waals surface area contributed by atoms with Crippen LogP contribution in [0.15, 0.2) is 59.4 Å². The van der Waals surface area contributed by atoms with Crippen molar-refractivity contribution in [2.75, 3.05) is 13.2 Å². The van der Waals surface area contributed by atoms with Crippen LogP contribution in [0.1, 0.15) is 81.3 Å². The smallest absolute Gasteiger partial charge is 0.126 e. The molecule has 1 N–H and O–H groups in total. The number of aryl methyl sites for hydroxylation is 3. The number of hydrogen-bond acceptors (Lipinski definition) is 3. The van der Waals surface area contributed by atoms with E-state index in [4.69, 9.17) is 9.47 Å². The summed E-state index contributed by atoms with van der Waals surface area (Å²) in [5, 5.41) is 8.95. The van der Waals surface area contributed by atoms with E-state index in [1.54, 1.807) is 0 Å². The molecule has 2 aromatic carbocycles. The van der Waals surface area contributed by atoms with Gasteiger partial charge in [-0.3, -0.25) is 5.10 Å². The first-order valence-corrected chi connectivity index (χ1v) is 13.3. The molecular formula is C32H40N2O2. The van der Waals surface area contributed by atoms with Crippen LogP contribution >= 0.6 is 0 Å². The van der Waals surface area contributed by atoms with Crippen molar-refractivity contribution < 1.29 is 9.47 Å². The van der Waals surface area contributed by atoms with E-state index in [9.17, 15) is 0 Å². The van der Waals surface area contributed by atoms with Gasteiger partial charge in [-0.25, -0.2) is 0 Å². The lowest BCUT2D eigenvalue weighted by molar-refractivity contribution is 0.233. The maximum atomic E-state index is 6.45. The lowest BCUT2D eigenvalue weighted by Gasteiger charge is -2.21. The molecule has 0 bridgehead atoms. The normalized spacial score (nSPS) is 19.4. The zero-order valence-corrected chi connectivity index (χ0v) is 22.9. The van der Waals surface area contributed by atoms with Gasteiger partial charge in [-0.1, -0.05) is 45.0 Å². The van der Waals surface area contributed by atoms with Crippen molar-refractivity contribution in [3.8, 4) is 5.75 Å². The summed E-state index contributed by atoms with van der Waals surface area (Å²) in [5.41, 5.74) is 10.8. The number of ether oxygens (including phenoxy) is 2. The highest BCUT2D eigenvalue weighted by Gasteiger charge is 2.20. The molecule has 0 amide bonds. The van der Waals surface area contributed by atoms with Crippen LogP contribution in [0.4, 0.5) is 0 Å². The molecule has 1 aliphatic carbocycles. The summed E-state index contributed by atoms with van der Waals surface area (Å²) in [7, 11) is 0. The second kappa shape index (κ2) is 11.2. The highest BCUT2D eigenvalue weighted by Crippen LogP contribution is 2.36. The Labute approximate surface area is 216 Å². The predicted molar refractivity (Wildman–Crippen MR) is 151 cm³/mol. The van der Waals surface area contributed by atoms with Crippen molar-refractivity contribution in [2.24, 2.45) is 0 Å². The van der Waals surface area contributed by atoms with Gasteiger partial charge in [0, 0.05) is 16.7 Å². The minimum Gasteiger partial charge on any atom is -0.493 e. The van der Waals surface area contributed by atoms with Gasteiger partial charge in [-0.2, -0.15) is 5.10 Å². The van der Waals surface area contributed by atoms with E-state index in [1.165, 1.54) is 33.2 Å². The Balaban J connectivity index is 1.80. The van der Waals surface area contributed by atoms with Gasteiger partial charge >= 0.3 is 0 Å². The average Bonchev–Trinajstić information content (AvgIpc) is 3.23. The summed E-state index contributed by atoms with van der Waals surface area (Å²) < 4.78 is 12.7. The van der Waals surface area contributed by atoms with E-state index < -0.39 is 0 Å². The highest BCUT2D eigenvalue weighted by atomic mass is 16.5. The number of nitrogens with zero attached hydrogens (tertiary/aromatic N) is 1. The lowest BCUT2D eigenvalue weighted by atomic mass is 9.88. The van der Waals surface area contributed by atoms with Crippen LogP contribution in [0.2, 0.25) is 0 Å². The molecule has 0 unspecified atom stereocenters. The van der Waals surface area contributed by atoms with Gasteiger partial charge in [-0.15, -0.1) is 0 Å². The van der Waals surface area contributed by atoms with E-state index in [0.717, 1.165) is 53.1 Å². The second-order valence-electron chi connectivity index (χ2n) is 10.0. The number of aromatic amines is 1. The molecule has 3 aromatic rings. The Morgan fingerprint density at radius 3 is 2.56 bits per heavy atom. The van der Waals surface area contributed by atoms with Crippen LogP contribution in [0.25, 0.3) is 16.5 Å². The number of hydrogen-bond donors (Lipinski definition) is 1. The Morgan fingerprint density at radius 1 is 1.03 bits per heavy atom. The van der Waals surface area contributed by atoms with Crippen molar-refractivity contribution in [3.63, 3.8) is 0 Å². The van der Waals surface area contributed by atoms with E-state index in [-0.39, 0.29) is 0 Å². The molecule has 4 heteroatoms. The largest absolute Gasteiger partial charge is 0.493 e. The molecule has 1 aromatic heterocycles. The quantitative estimate of drug-likeness (QED) is 0.349. The maximum Gasteiger partial charge on any atom is 0.126 e. The minimum atomic E-state index is 0.460. The number of fused-ring (bicyclic) bond motifs is 1. The van der Waals surface area contributed by atoms with Gasteiger partial charge in [0.25, 0.3) is 0 Å². The summed E-state index contributed by atoms with van der Waals surface area (Å²) >= 11 is 0. The molecule has 0 spiro atoms. The fourth-order valence-electron chi connectivity index (χ4n) is 5.00. The van der Waals surface area contributed by atoms with Crippen LogP contribution in [0.5, 0.6) is 5.75 Å². The van der Waals surface area contributed by atoms with Gasteiger partial charge in [0.2, 0.25) is 0 Å². The first-order chi connectivity index (χ1) is 17.3. The number of rotatable bonds is 8. The number of nitrogens with one attached hydrogen (secondary N) is 1. The van der Waals surface area contributed by atoms with E-state index in [0.29, 0.717) is 19.1 Å². The van der Waals surface area contributed by atoms with Gasteiger partial charge in [0.05, 0.1) is 12.1 Å². The van der Waals surface area contributed by atoms with Crippen molar-refractivity contribution in [1.29, 1.82) is 0 Å². The molecule has 0 fully saturated rings. The summed E-state index contributed by atoms with van der Waals surface area (Å²) in [6, 6.07) is 10.9. The number of H-pyrrole nitrogens is 1. The van der Waals surface area contributed by atoms with Crippen molar-refractivity contribution >= 4 is 16.5 Å². The number of benzene rings is 2. The van der Waals surface area contributed by atoms with Crippen LogP contribution in [-0.2, 0) is 11.2 Å². The van der Waals surface area contributed by atoms with Crippen molar-refractivity contribution in [2.45, 2.75) is 73.6 Å². The molecular weight excluding hydrogens is 444 g/mol. The Morgan fingerprint density at radius 2 is 1.83 bits per heavy atom. The molecule has 1 aliphatic rings. The Bertz CT molecular complexity index is 1340. The minimum absolute atomic E-state index is 0.460. The van der Waals surface area contributed by atoms with Crippen molar-refractivity contribution in [3.05, 3.63) is 87.3 Å². The van der Waals surface area contributed by atoms with Gasteiger partial charge in [0.1, 0.15) is 18.1 Å². The van der Waals surface area contributed by atoms with Crippen LogP contribution in [-0.4, -0.2) is 23.4 Å². The van der Waals surface area contributed by atoms with E-state index >= 15 is 0 Å². The molecule has 4 rings (SSSR count). The first-order valence-electron chi connectivity index (χ1n) is 13.3. The third-order valence-electron chi connectivity index (χ3n) is 7.18. The molecule has 0 radical (unpaired) electrons. The van der Waals surface area contributed by atoms with Crippen LogP contribution < -0.4 is 4.74 Å². The summed E-state index contributed by atoms with van der Waals surface area (Å²) in [5.74, 6) is 2.30. The molecule has 0 saturated heterocycles. The zero-order valence-electron chi connectivity index (χ0n) is 22.9. The van der Waals surface area contributed by atoms with Gasteiger partial charge in [-0.05, 0) is 104 Å².